The number of thiazole rings is 1. The second kappa shape index (κ2) is 8.89. The number of amides is 1. The largest absolute Gasteiger partial charge is 0.496 e. The van der Waals surface area contributed by atoms with E-state index in [0.717, 1.165) is 33.9 Å². The summed E-state index contributed by atoms with van der Waals surface area (Å²) in [6, 6.07) is 13.7. The predicted molar refractivity (Wildman–Crippen MR) is 113 cm³/mol. The van der Waals surface area contributed by atoms with Crippen molar-refractivity contribution in [2.75, 3.05) is 19.0 Å². The molecule has 0 radical (unpaired) electrons. The van der Waals surface area contributed by atoms with Gasteiger partial charge in [-0.15, -0.1) is 11.3 Å². The van der Waals surface area contributed by atoms with Crippen LogP contribution in [0.3, 0.4) is 0 Å². The number of aromatic nitrogens is 1. The topological polar surface area (TPSA) is 60.5 Å². The van der Waals surface area contributed by atoms with Crippen LogP contribution in [0.15, 0.2) is 47.8 Å². The number of nitrogens with one attached hydrogen (secondary N) is 1. The van der Waals surface area contributed by atoms with E-state index in [4.69, 9.17) is 9.47 Å². The first-order chi connectivity index (χ1) is 13.5. The summed E-state index contributed by atoms with van der Waals surface area (Å²) in [6.07, 6.45) is 0. The molecule has 2 aromatic carbocycles. The van der Waals surface area contributed by atoms with Crippen molar-refractivity contribution in [3.05, 3.63) is 59.0 Å². The Labute approximate surface area is 169 Å². The summed E-state index contributed by atoms with van der Waals surface area (Å²) in [5.74, 6) is 1.58. The zero-order valence-corrected chi connectivity index (χ0v) is 17.3. The maximum Gasteiger partial charge on any atom is 0.264 e. The molecule has 1 N–H and O–H groups in total. The van der Waals surface area contributed by atoms with E-state index in [2.05, 4.69) is 30.2 Å². The molecule has 28 heavy (non-hydrogen) atoms. The smallest absolute Gasteiger partial charge is 0.264 e. The van der Waals surface area contributed by atoms with Crippen molar-refractivity contribution in [2.24, 2.45) is 0 Å². The van der Waals surface area contributed by atoms with E-state index in [0.29, 0.717) is 11.0 Å². The second-order valence-electron chi connectivity index (χ2n) is 6.77. The van der Waals surface area contributed by atoms with Gasteiger partial charge in [-0.1, -0.05) is 38.1 Å². The van der Waals surface area contributed by atoms with Gasteiger partial charge in [0.1, 0.15) is 11.5 Å². The Kier molecular flexibility index (Phi) is 6.31. The van der Waals surface area contributed by atoms with Gasteiger partial charge >= 0.3 is 0 Å². The van der Waals surface area contributed by atoms with Gasteiger partial charge in [-0.05, 0) is 42.2 Å². The Morgan fingerprint density at radius 1 is 1.18 bits per heavy atom. The summed E-state index contributed by atoms with van der Waals surface area (Å²) in [6.45, 7) is 6.15. The molecule has 1 heterocycles. The molecule has 0 atom stereocenters. The fraction of sp³-hybridized carbons (Fsp3) is 0.273. The number of nitrogens with zero attached hydrogens (tertiary/aromatic N) is 1. The van der Waals surface area contributed by atoms with Gasteiger partial charge in [0, 0.05) is 10.9 Å². The molecule has 0 unspecified atom stereocenters. The maximum absolute atomic E-state index is 12.3. The lowest BCUT2D eigenvalue weighted by Gasteiger charge is -2.14. The Morgan fingerprint density at radius 3 is 2.71 bits per heavy atom. The van der Waals surface area contributed by atoms with Gasteiger partial charge in [0.2, 0.25) is 0 Å². The Hall–Kier alpha value is -2.86. The Morgan fingerprint density at radius 2 is 1.96 bits per heavy atom. The zero-order chi connectivity index (χ0) is 20.1. The number of anilines is 1. The van der Waals surface area contributed by atoms with Gasteiger partial charge in [0.05, 0.1) is 12.8 Å². The monoisotopic (exact) mass is 396 g/mol. The van der Waals surface area contributed by atoms with Crippen molar-refractivity contribution in [1.82, 2.24) is 4.98 Å². The van der Waals surface area contributed by atoms with Crippen LogP contribution in [0.5, 0.6) is 11.5 Å². The van der Waals surface area contributed by atoms with Gasteiger partial charge < -0.3 is 9.47 Å². The van der Waals surface area contributed by atoms with Crippen molar-refractivity contribution in [3.63, 3.8) is 0 Å². The lowest BCUT2D eigenvalue weighted by atomic mass is 10.0. The van der Waals surface area contributed by atoms with Crippen molar-refractivity contribution in [1.29, 1.82) is 0 Å². The number of carbonyl (C=O) groups excluding carboxylic acids is 1. The molecular weight excluding hydrogens is 372 g/mol. The van der Waals surface area contributed by atoms with Crippen LogP contribution in [0.25, 0.3) is 11.3 Å². The van der Waals surface area contributed by atoms with Gasteiger partial charge in [0.25, 0.3) is 5.91 Å². The Bertz CT molecular complexity index is 966. The van der Waals surface area contributed by atoms with E-state index in [9.17, 15) is 4.79 Å². The molecule has 3 rings (SSSR count). The van der Waals surface area contributed by atoms with E-state index in [1.54, 1.807) is 7.11 Å². The first-order valence-electron chi connectivity index (χ1n) is 9.10. The highest BCUT2D eigenvalue weighted by Gasteiger charge is 2.13. The number of rotatable bonds is 7. The highest BCUT2D eigenvalue weighted by molar-refractivity contribution is 7.14. The SMILES string of the molecule is COc1ccccc1-c1csc(NC(=O)COc2cc(C)ccc2C(C)C)n1. The Balaban J connectivity index is 1.65. The number of aryl methyl sites for hydroxylation is 1. The molecule has 0 spiro atoms. The average Bonchev–Trinajstić information content (AvgIpc) is 3.14. The quantitative estimate of drug-likeness (QED) is 0.591. The fourth-order valence-corrected chi connectivity index (χ4v) is 3.58. The molecule has 1 amide bonds. The number of benzene rings is 2. The van der Waals surface area contributed by atoms with Gasteiger partial charge in [-0.2, -0.15) is 0 Å². The van der Waals surface area contributed by atoms with Crippen molar-refractivity contribution < 1.29 is 14.3 Å². The third-order valence-corrected chi connectivity index (χ3v) is 5.04. The summed E-state index contributed by atoms with van der Waals surface area (Å²) >= 11 is 1.37. The molecular formula is C22H24N2O3S. The number of methoxy groups -OCH3 is 1. The van der Waals surface area contributed by atoms with E-state index in [1.165, 1.54) is 11.3 Å². The van der Waals surface area contributed by atoms with E-state index < -0.39 is 0 Å². The third kappa shape index (κ3) is 4.70. The molecule has 0 aliphatic heterocycles. The van der Waals surface area contributed by atoms with Crippen LogP contribution in [0.1, 0.15) is 30.9 Å². The molecule has 146 valence electrons. The van der Waals surface area contributed by atoms with Gasteiger partial charge in [-0.25, -0.2) is 4.98 Å². The van der Waals surface area contributed by atoms with Gasteiger partial charge in [0.15, 0.2) is 11.7 Å². The predicted octanol–water partition coefficient (Wildman–Crippen LogP) is 5.27. The summed E-state index contributed by atoms with van der Waals surface area (Å²) in [5, 5.41) is 5.23. The van der Waals surface area contributed by atoms with Crippen LogP contribution in [0.4, 0.5) is 5.13 Å². The fourth-order valence-electron chi connectivity index (χ4n) is 2.85. The lowest BCUT2D eigenvalue weighted by Crippen LogP contribution is -2.20. The van der Waals surface area contributed by atoms with Crippen LogP contribution in [0, 0.1) is 6.92 Å². The lowest BCUT2D eigenvalue weighted by molar-refractivity contribution is -0.118. The van der Waals surface area contributed by atoms with Crippen LogP contribution in [-0.4, -0.2) is 24.6 Å². The van der Waals surface area contributed by atoms with Crippen LogP contribution >= 0.6 is 11.3 Å². The minimum absolute atomic E-state index is 0.0628. The normalized spacial score (nSPS) is 10.8. The van der Waals surface area contributed by atoms with Crippen molar-refractivity contribution >= 4 is 22.4 Å². The standard InChI is InChI=1S/C22H24N2O3S/c1-14(2)16-10-9-15(3)11-20(16)27-12-21(25)24-22-23-18(13-28-22)17-7-5-6-8-19(17)26-4/h5-11,13-14H,12H2,1-4H3,(H,23,24,25). The number of carbonyl (C=O) groups is 1. The number of para-hydroxylation sites is 1. The maximum atomic E-state index is 12.3. The summed E-state index contributed by atoms with van der Waals surface area (Å²) in [4.78, 5) is 16.8. The molecule has 0 saturated carbocycles. The number of hydrogen-bond donors (Lipinski definition) is 1. The van der Waals surface area contributed by atoms with Crippen LogP contribution in [-0.2, 0) is 4.79 Å². The molecule has 6 heteroatoms. The zero-order valence-electron chi connectivity index (χ0n) is 16.5. The van der Waals surface area contributed by atoms with Gasteiger partial charge in [-0.3, -0.25) is 10.1 Å². The van der Waals surface area contributed by atoms with Crippen LogP contribution < -0.4 is 14.8 Å². The van der Waals surface area contributed by atoms with E-state index >= 15 is 0 Å². The molecule has 1 aromatic heterocycles. The average molecular weight is 397 g/mol. The molecule has 3 aromatic rings. The highest BCUT2D eigenvalue weighted by Crippen LogP contribution is 2.32. The summed E-state index contributed by atoms with van der Waals surface area (Å²) < 4.78 is 11.2. The van der Waals surface area contributed by atoms with Crippen LogP contribution in [0.2, 0.25) is 0 Å². The van der Waals surface area contributed by atoms with E-state index in [-0.39, 0.29) is 12.5 Å². The number of hydrogen-bond acceptors (Lipinski definition) is 5. The second-order valence-corrected chi connectivity index (χ2v) is 7.63. The third-order valence-electron chi connectivity index (χ3n) is 4.28. The summed E-state index contributed by atoms with van der Waals surface area (Å²) in [5.41, 5.74) is 3.84. The first kappa shape index (κ1) is 19.9. The van der Waals surface area contributed by atoms with Crippen molar-refractivity contribution in [3.8, 4) is 22.8 Å². The van der Waals surface area contributed by atoms with Crippen molar-refractivity contribution in [2.45, 2.75) is 26.7 Å². The first-order valence-corrected chi connectivity index (χ1v) is 9.98. The molecule has 0 saturated heterocycles. The molecule has 0 fully saturated rings. The highest BCUT2D eigenvalue weighted by atomic mass is 32.1. The molecule has 5 nitrogen and oxygen atoms in total. The molecule has 0 bridgehead atoms. The number of ether oxygens (including phenoxy) is 2. The van der Waals surface area contributed by atoms with E-state index in [1.807, 2.05) is 48.7 Å². The molecule has 0 aliphatic rings. The molecule has 0 aliphatic carbocycles. The minimum Gasteiger partial charge on any atom is -0.496 e. The summed E-state index contributed by atoms with van der Waals surface area (Å²) in [7, 11) is 1.63. The minimum atomic E-state index is -0.239.